The first-order valence-electron chi connectivity index (χ1n) is 12.9. The van der Waals surface area contributed by atoms with E-state index in [-0.39, 0.29) is 0 Å². The third-order valence-corrected chi connectivity index (χ3v) is 6.75. The normalized spacial score (nSPS) is 16.1. The molecule has 0 atom stereocenters. The molecule has 1 fully saturated rings. The van der Waals surface area contributed by atoms with Gasteiger partial charge in [0.05, 0.1) is 24.2 Å². The highest BCUT2D eigenvalue weighted by atomic mass is 16.5. The van der Waals surface area contributed by atoms with Crippen molar-refractivity contribution in [3.8, 4) is 17.5 Å². The van der Waals surface area contributed by atoms with Crippen LogP contribution in [0.1, 0.15) is 42.6 Å². The molecule has 0 unspecified atom stereocenters. The zero-order valence-electron chi connectivity index (χ0n) is 20.7. The smallest absolute Gasteiger partial charge is 0.232 e. The molecule has 2 aliphatic rings. The summed E-state index contributed by atoms with van der Waals surface area (Å²) in [4.78, 5) is 18.8. The van der Waals surface area contributed by atoms with Crippen molar-refractivity contribution in [3.05, 3.63) is 65.6 Å². The lowest BCUT2D eigenvalue weighted by Crippen LogP contribution is -2.46. The molecule has 1 aromatic carbocycles. The van der Waals surface area contributed by atoms with E-state index in [9.17, 15) is 0 Å². The maximum Gasteiger partial charge on any atom is 0.232 e. The van der Waals surface area contributed by atoms with Crippen LogP contribution in [0.3, 0.4) is 0 Å². The van der Waals surface area contributed by atoms with Crippen LogP contribution in [0.5, 0.6) is 17.5 Å². The largest absolute Gasteiger partial charge is 0.477 e. The van der Waals surface area contributed by atoms with Crippen LogP contribution >= 0.6 is 0 Å². The molecule has 3 heterocycles. The van der Waals surface area contributed by atoms with Crippen LogP contribution in [-0.4, -0.2) is 59.2 Å². The van der Waals surface area contributed by atoms with Gasteiger partial charge in [0.25, 0.3) is 0 Å². The molecule has 0 N–H and O–H groups in total. The van der Waals surface area contributed by atoms with Gasteiger partial charge in [-0.3, -0.25) is 9.88 Å². The second-order valence-electron chi connectivity index (χ2n) is 9.44. The monoisotopic (exact) mass is 473 g/mol. The number of piperazine rings is 1. The summed E-state index contributed by atoms with van der Waals surface area (Å²) in [6.45, 7) is 7.90. The minimum absolute atomic E-state index is 0.636. The molecule has 5 rings (SSSR count). The van der Waals surface area contributed by atoms with Crippen LogP contribution < -0.4 is 14.4 Å². The molecule has 7 heteroatoms. The Bertz CT molecular complexity index is 1100. The number of hydrogen-bond donors (Lipinski definition) is 0. The van der Waals surface area contributed by atoms with Gasteiger partial charge in [0.2, 0.25) is 11.8 Å². The van der Waals surface area contributed by atoms with Gasteiger partial charge in [-0.1, -0.05) is 23.8 Å². The average molecular weight is 474 g/mol. The van der Waals surface area contributed by atoms with E-state index >= 15 is 0 Å². The van der Waals surface area contributed by atoms with E-state index in [1.54, 1.807) is 6.20 Å². The van der Waals surface area contributed by atoms with Crippen LogP contribution in [0.25, 0.3) is 0 Å². The van der Waals surface area contributed by atoms with E-state index in [0.29, 0.717) is 18.4 Å². The summed E-state index contributed by atoms with van der Waals surface area (Å²) in [6.07, 6.45) is 8.46. The van der Waals surface area contributed by atoms with E-state index in [2.05, 4.69) is 32.8 Å². The van der Waals surface area contributed by atoms with Crippen LogP contribution in [0.2, 0.25) is 0 Å². The van der Waals surface area contributed by atoms with E-state index < -0.39 is 0 Å². The highest BCUT2D eigenvalue weighted by Crippen LogP contribution is 2.23. The fraction of sp³-hybridized carbons (Fsp3) is 0.464. The van der Waals surface area contributed by atoms with Gasteiger partial charge in [0.15, 0.2) is 0 Å². The number of nitrogens with zero attached hydrogens (tertiary/aromatic N) is 5. The Morgan fingerprint density at radius 3 is 2.46 bits per heavy atom. The molecule has 0 spiro atoms. The molecule has 2 aromatic heterocycles. The highest BCUT2D eigenvalue weighted by Gasteiger charge is 2.18. The Morgan fingerprint density at radius 1 is 0.829 bits per heavy atom. The van der Waals surface area contributed by atoms with Gasteiger partial charge < -0.3 is 14.4 Å². The molecule has 3 aromatic rings. The molecular weight excluding hydrogens is 438 g/mol. The second kappa shape index (κ2) is 11.5. The number of rotatable bonds is 9. The van der Waals surface area contributed by atoms with Crippen molar-refractivity contribution in [1.29, 1.82) is 0 Å². The Kier molecular flexibility index (Phi) is 7.73. The molecule has 35 heavy (non-hydrogen) atoms. The van der Waals surface area contributed by atoms with Gasteiger partial charge in [-0.25, -0.2) is 4.98 Å². The zero-order valence-corrected chi connectivity index (χ0v) is 20.7. The third-order valence-electron chi connectivity index (χ3n) is 6.75. The first-order chi connectivity index (χ1) is 17.2. The molecule has 1 saturated heterocycles. The Balaban J connectivity index is 1.02. The number of benzene rings is 1. The molecule has 0 radical (unpaired) electrons. The van der Waals surface area contributed by atoms with E-state index in [0.717, 1.165) is 81.4 Å². The summed E-state index contributed by atoms with van der Waals surface area (Å²) < 4.78 is 11.8. The van der Waals surface area contributed by atoms with Gasteiger partial charge in [-0.2, -0.15) is 4.98 Å². The molecule has 0 saturated carbocycles. The number of pyridine rings is 1. The summed E-state index contributed by atoms with van der Waals surface area (Å²) in [5.74, 6) is 3.11. The van der Waals surface area contributed by atoms with Crippen molar-refractivity contribution in [2.24, 2.45) is 0 Å². The fourth-order valence-corrected chi connectivity index (χ4v) is 4.68. The van der Waals surface area contributed by atoms with Gasteiger partial charge in [0.1, 0.15) is 11.6 Å². The summed E-state index contributed by atoms with van der Waals surface area (Å²) in [7, 11) is 0. The van der Waals surface area contributed by atoms with E-state index in [1.807, 2.05) is 36.4 Å². The SMILES string of the molecule is Cc1ccc(Oc2cccc(N3CCN(CCCCOc4cnc5c(n4)CCCC5)CC3)n2)cc1. The topological polar surface area (TPSA) is 63.6 Å². The second-order valence-corrected chi connectivity index (χ2v) is 9.44. The lowest BCUT2D eigenvalue weighted by atomic mass is 10.0. The van der Waals surface area contributed by atoms with Crippen LogP contribution in [0.4, 0.5) is 5.82 Å². The number of anilines is 1. The molecule has 7 nitrogen and oxygen atoms in total. The number of hydrogen-bond acceptors (Lipinski definition) is 7. The maximum absolute atomic E-state index is 5.95. The quantitative estimate of drug-likeness (QED) is 0.412. The molecule has 0 amide bonds. The van der Waals surface area contributed by atoms with Crippen molar-refractivity contribution in [2.75, 3.05) is 44.2 Å². The molecule has 1 aliphatic heterocycles. The van der Waals surface area contributed by atoms with Crippen molar-refractivity contribution in [1.82, 2.24) is 19.9 Å². The molecule has 0 bridgehead atoms. The number of unbranched alkanes of at least 4 members (excludes halogenated alkanes) is 1. The average Bonchev–Trinajstić information content (AvgIpc) is 2.90. The number of fused-ring (bicyclic) bond motifs is 1. The van der Waals surface area contributed by atoms with Crippen LogP contribution in [0.15, 0.2) is 48.7 Å². The minimum Gasteiger partial charge on any atom is -0.477 e. The Labute approximate surface area is 208 Å². The van der Waals surface area contributed by atoms with Crippen molar-refractivity contribution >= 4 is 5.82 Å². The Hall–Kier alpha value is -3.19. The first-order valence-corrected chi connectivity index (χ1v) is 12.9. The van der Waals surface area contributed by atoms with Gasteiger partial charge in [-0.05, 0) is 70.2 Å². The van der Waals surface area contributed by atoms with Crippen molar-refractivity contribution in [2.45, 2.75) is 45.4 Å². The first kappa shape index (κ1) is 23.5. The lowest BCUT2D eigenvalue weighted by Gasteiger charge is -2.35. The maximum atomic E-state index is 5.95. The fourth-order valence-electron chi connectivity index (χ4n) is 4.68. The van der Waals surface area contributed by atoms with E-state index in [4.69, 9.17) is 14.5 Å². The van der Waals surface area contributed by atoms with Crippen molar-refractivity contribution < 1.29 is 9.47 Å². The van der Waals surface area contributed by atoms with Gasteiger partial charge >= 0.3 is 0 Å². The number of aryl methyl sites for hydroxylation is 3. The van der Waals surface area contributed by atoms with Gasteiger partial charge in [0, 0.05) is 32.2 Å². The summed E-state index contributed by atoms with van der Waals surface area (Å²) in [5, 5.41) is 0. The highest BCUT2D eigenvalue weighted by molar-refractivity contribution is 5.42. The zero-order chi connectivity index (χ0) is 23.9. The summed E-state index contributed by atoms with van der Waals surface area (Å²) in [5.41, 5.74) is 3.50. The lowest BCUT2D eigenvalue weighted by molar-refractivity contribution is 0.235. The summed E-state index contributed by atoms with van der Waals surface area (Å²) in [6, 6.07) is 14.1. The van der Waals surface area contributed by atoms with Crippen LogP contribution in [0, 0.1) is 6.92 Å². The van der Waals surface area contributed by atoms with E-state index in [1.165, 1.54) is 18.4 Å². The standard InChI is InChI=1S/C28H35N5O2/c1-22-11-13-23(14-12-22)35-27-10-6-9-26(31-27)33-18-16-32(17-19-33)15-4-5-20-34-28-21-29-24-7-2-3-8-25(24)30-28/h6,9-14,21H,2-5,7-8,15-20H2,1H3. The molecular formula is C28H35N5O2. The third kappa shape index (κ3) is 6.48. The summed E-state index contributed by atoms with van der Waals surface area (Å²) >= 11 is 0. The number of ether oxygens (including phenoxy) is 2. The Morgan fingerprint density at radius 2 is 1.63 bits per heavy atom. The van der Waals surface area contributed by atoms with Crippen molar-refractivity contribution in [3.63, 3.8) is 0 Å². The van der Waals surface area contributed by atoms with Crippen LogP contribution in [-0.2, 0) is 12.8 Å². The minimum atomic E-state index is 0.636. The predicted octanol–water partition coefficient (Wildman–Crippen LogP) is 4.83. The molecule has 1 aliphatic carbocycles. The predicted molar refractivity (Wildman–Crippen MR) is 138 cm³/mol. The van der Waals surface area contributed by atoms with Gasteiger partial charge in [-0.15, -0.1) is 0 Å². The number of aromatic nitrogens is 3. The molecule has 184 valence electrons.